The molecule has 1 heterocycles. The van der Waals surface area contributed by atoms with Crippen molar-refractivity contribution in [2.24, 2.45) is 0 Å². The Bertz CT molecular complexity index is 753. The molecule has 2 aromatic rings. The van der Waals surface area contributed by atoms with Gasteiger partial charge in [0.2, 0.25) is 0 Å². The molecule has 0 aromatic heterocycles. The minimum Gasteiger partial charge on any atom is -0.492 e. The normalized spacial score (nSPS) is 20.7. The number of hydrogen-bond donors (Lipinski definition) is 0. The van der Waals surface area contributed by atoms with Crippen LogP contribution in [0.2, 0.25) is 0 Å². The number of rotatable bonds is 6. The highest BCUT2D eigenvalue weighted by molar-refractivity contribution is 9.10. The van der Waals surface area contributed by atoms with Gasteiger partial charge in [-0.05, 0) is 80.8 Å². The van der Waals surface area contributed by atoms with Crippen LogP contribution in [0.5, 0.6) is 5.75 Å². The summed E-state index contributed by atoms with van der Waals surface area (Å²) in [5, 5.41) is 0. The molecule has 2 fully saturated rings. The summed E-state index contributed by atoms with van der Waals surface area (Å²) in [7, 11) is 0. The second-order valence-corrected chi connectivity index (χ2v) is 8.21. The maximum absolute atomic E-state index is 12.5. The fourth-order valence-corrected chi connectivity index (χ4v) is 4.16. The van der Waals surface area contributed by atoms with Gasteiger partial charge in [-0.15, -0.1) is 0 Å². The van der Waals surface area contributed by atoms with Gasteiger partial charge in [0.05, 0.1) is 0 Å². The van der Waals surface area contributed by atoms with E-state index in [1.807, 2.05) is 48.5 Å². The first-order valence-electron chi connectivity index (χ1n) is 9.49. The Labute approximate surface area is 163 Å². The maximum Gasteiger partial charge on any atom is 0.193 e. The van der Waals surface area contributed by atoms with Crippen LogP contribution in [0.4, 0.5) is 0 Å². The first kappa shape index (κ1) is 17.7. The summed E-state index contributed by atoms with van der Waals surface area (Å²) in [5.74, 6) is 0.883. The van der Waals surface area contributed by atoms with E-state index in [0.29, 0.717) is 17.2 Å². The first-order chi connectivity index (χ1) is 12.7. The van der Waals surface area contributed by atoms with Crippen molar-refractivity contribution in [3.63, 3.8) is 0 Å². The van der Waals surface area contributed by atoms with Crippen LogP contribution in [-0.4, -0.2) is 35.9 Å². The number of likely N-dealkylation sites (tertiary alicyclic amines) is 1. The Morgan fingerprint density at radius 1 is 0.962 bits per heavy atom. The van der Waals surface area contributed by atoms with Gasteiger partial charge < -0.3 is 4.74 Å². The third-order valence-corrected chi connectivity index (χ3v) is 6.16. The van der Waals surface area contributed by atoms with Crippen LogP contribution >= 0.6 is 15.9 Å². The zero-order valence-electron chi connectivity index (χ0n) is 14.9. The number of carbonyl (C=O) groups excluding carboxylic acids is 1. The third kappa shape index (κ3) is 3.86. The van der Waals surface area contributed by atoms with E-state index >= 15 is 0 Å². The Kier molecular flexibility index (Phi) is 5.41. The molecule has 3 nitrogen and oxygen atoms in total. The number of hydrogen-bond acceptors (Lipinski definition) is 3. The van der Waals surface area contributed by atoms with E-state index in [9.17, 15) is 4.79 Å². The summed E-state index contributed by atoms with van der Waals surface area (Å²) in [6, 6.07) is 16.3. The maximum atomic E-state index is 12.5. The number of nitrogens with zero attached hydrogens (tertiary/aromatic N) is 1. The molecule has 2 aromatic carbocycles. The lowest BCUT2D eigenvalue weighted by Gasteiger charge is -2.38. The molecule has 1 atom stereocenters. The predicted octanol–water partition coefficient (Wildman–Crippen LogP) is 5.08. The van der Waals surface area contributed by atoms with Crippen molar-refractivity contribution in [2.45, 2.75) is 44.2 Å². The Hall–Kier alpha value is -1.65. The fraction of sp³-hybridized carbons (Fsp3) is 0.409. The molecule has 4 rings (SSSR count). The molecule has 1 saturated carbocycles. The Morgan fingerprint density at radius 2 is 1.62 bits per heavy atom. The average Bonchev–Trinajstić information content (AvgIpc) is 3.07. The SMILES string of the molecule is O=C(c1ccc(Br)cc1)c1ccc(OCC2CCCN2C2CCC2)cc1. The van der Waals surface area contributed by atoms with E-state index in [1.54, 1.807) is 0 Å². The lowest BCUT2D eigenvalue weighted by molar-refractivity contribution is 0.0850. The largest absolute Gasteiger partial charge is 0.492 e. The molecular formula is C22H24BrNO2. The molecule has 1 unspecified atom stereocenters. The van der Waals surface area contributed by atoms with Crippen molar-refractivity contribution in [3.8, 4) is 5.75 Å². The van der Waals surface area contributed by atoms with Crippen LogP contribution in [-0.2, 0) is 0 Å². The monoisotopic (exact) mass is 413 g/mol. The van der Waals surface area contributed by atoms with E-state index in [2.05, 4.69) is 20.8 Å². The van der Waals surface area contributed by atoms with E-state index < -0.39 is 0 Å². The summed E-state index contributed by atoms with van der Waals surface area (Å²) in [5.41, 5.74) is 1.39. The standard InChI is InChI=1S/C22H24BrNO2/c23-18-10-6-16(7-11-18)22(25)17-8-12-21(13-9-17)26-15-20-5-2-14-24(20)19-3-1-4-19/h6-13,19-20H,1-5,14-15H2. The average molecular weight is 414 g/mol. The molecule has 2 aliphatic rings. The molecule has 0 amide bonds. The van der Waals surface area contributed by atoms with Crippen LogP contribution in [0, 0.1) is 0 Å². The molecule has 1 aliphatic carbocycles. The lowest BCUT2D eigenvalue weighted by Crippen LogP contribution is -2.45. The van der Waals surface area contributed by atoms with Crippen LogP contribution in [0.3, 0.4) is 0 Å². The molecule has 0 spiro atoms. The van der Waals surface area contributed by atoms with E-state index in [1.165, 1.54) is 38.6 Å². The topological polar surface area (TPSA) is 29.5 Å². The highest BCUT2D eigenvalue weighted by atomic mass is 79.9. The van der Waals surface area contributed by atoms with Gasteiger partial charge >= 0.3 is 0 Å². The molecule has 26 heavy (non-hydrogen) atoms. The molecule has 1 saturated heterocycles. The number of ether oxygens (including phenoxy) is 1. The second kappa shape index (κ2) is 7.93. The van der Waals surface area contributed by atoms with Gasteiger partial charge in [-0.3, -0.25) is 9.69 Å². The minimum absolute atomic E-state index is 0.0380. The van der Waals surface area contributed by atoms with E-state index in [0.717, 1.165) is 22.9 Å². The lowest BCUT2D eigenvalue weighted by atomic mass is 9.91. The minimum atomic E-state index is 0.0380. The molecular weight excluding hydrogens is 390 g/mol. The second-order valence-electron chi connectivity index (χ2n) is 7.29. The first-order valence-corrected chi connectivity index (χ1v) is 10.3. The highest BCUT2D eigenvalue weighted by Gasteiger charge is 2.33. The van der Waals surface area contributed by atoms with E-state index in [-0.39, 0.29) is 5.78 Å². The van der Waals surface area contributed by atoms with Crippen LogP contribution in [0.1, 0.15) is 48.0 Å². The van der Waals surface area contributed by atoms with Gasteiger partial charge in [-0.25, -0.2) is 0 Å². The number of ketones is 1. The molecule has 4 heteroatoms. The smallest absolute Gasteiger partial charge is 0.193 e. The summed E-state index contributed by atoms with van der Waals surface area (Å²) < 4.78 is 7.01. The summed E-state index contributed by atoms with van der Waals surface area (Å²) >= 11 is 3.40. The number of halogens is 1. The van der Waals surface area contributed by atoms with Crippen molar-refractivity contribution in [1.82, 2.24) is 4.90 Å². The van der Waals surface area contributed by atoms with Gasteiger partial charge in [-0.2, -0.15) is 0 Å². The van der Waals surface area contributed by atoms with Crippen molar-refractivity contribution in [3.05, 3.63) is 64.1 Å². The Balaban J connectivity index is 1.35. The van der Waals surface area contributed by atoms with Gasteiger partial charge in [0.25, 0.3) is 0 Å². The summed E-state index contributed by atoms with van der Waals surface area (Å²) in [4.78, 5) is 15.2. The molecule has 136 valence electrons. The van der Waals surface area contributed by atoms with Gasteiger partial charge in [0.15, 0.2) is 5.78 Å². The van der Waals surface area contributed by atoms with Gasteiger partial charge in [0, 0.05) is 27.7 Å². The quantitative estimate of drug-likeness (QED) is 0.618. The van der Waals surface area contributed by atoms with Crippen molar-refractivity contribution >= 4 is 21.7 Å². The number of carbonyl (C=O) groups is 1. The third-order valence-electron chi connectivity index (χ3n) is 5.63. The molecule has 1 aliphatic heterocycles. The zero-order valence-corrected chi connectivity index (χ0v) is 16.5. The van der Waals surface area contributed by atoms with Crippen molar-refractivity contribution < 1.29 is 9.53 Å². The van der Waals surface area contributed by atoms with Crippen molar-refractivity contribution in [2.75, 3.05) is 13.2 Å². The van der Waals surface area contributed by atoms with Gasteiger partial charge in [0.1, 0.15) is 12.4 Å². The van der Waals surface area contributed by atoms with E-state index in [4.69, 9.17) is 4.74 Å². The fourth-order valence-electron chi connectivity index (χ4n) is 3.90. The molecule has 0 N–H and O–H groups in total. The van der Waals surface area contributed by atoms with Crippen LogP contribution in [0.15, 0.2) is 53.0 Å². The van der Waals surface area contributed by atoms with Crippen molar-refractivity contribution in [1.29, 1.82) is 0 Å². The summed E-state index contributed by atoms with van der Waals surface area (Å²) in [6.07, 6.45) is 6.59. The highest BCUT2D eigenvalue weighted by Crippen LogP contribution is 2.31. The van der Waals surface area contributed by atoms with Gasteiger partial charge in [-0.1, -0.05) is 22.4 Å². The number of benzene rings is 2. The molecule has 0 radical (unpaired) electrons. The Morgan fingerprint density at radius 3 is 2.23 bits per heavy atom. The van der Waals surface area contributed by atoms with Crippen LogP contribution < -0.4 is 4.74 Å². The van der Waals surface area contributed by atoms with Crippen LogP contribution in [0.25, 0.3) is 0 Å². The summed E-state index contributed by atoms with van der Waals surface area (Å²) in [6.45, 7) is 1.97. The predicted molar refractivity (Wildman–Crippen MR) is 107 cm³/mol. The molecule has 0 bridgehead atoms. The zero-order chi connectivity index (χ0) is 17.9.